The van der Waals surface area contributed by atoms with Crippen LogP contribution in [0.2, 0.25) is 0 Å². The van der Waals surface area contributed by atoms with Crippen molar-refractivity contribution in [3.05, 3.63) is 70.4 Å². The summed E-state index contributed by atoms with van der Waals surface area (Å²) in [7, 11) is 0. The van der Waals surface area contributed by atoms with Gasteiger partial charge in [-0.25, -0.2) is 0 Å². The molecule has 1 heterocycles. The molecule has 3 heteroatoms. The maximum absolute atomic E-state index is 12.3. The first kappa shape index (κ1) is 19.2. The molecule has 0 bridgehead atoms. The average molecular weight is 364 g/mol. The molecule has 1 aromatic heterocycles. The standard InChI is InChI=1S/C24H29NO2/c1-16-12-19(24(3,4)5)13-17(2)21(16)15-27-23(26)11-10-18-14-25-22-9-7-6-8-20(18)22/h6-9,12-14,25H,10-11,15H2,1-5H3. The molecule has 142 valence electrons. The van der Waals surface area contributed by atoms with E-state index in [1.54, 1.807) is 0 Å². The first-order valence-corrected chi connectivity index (χ1v) is 9.57. The summed E-state index contributed by atoms with van der Waals surface area (Å²) >= 11 is 0. The molecule has 1 N–H and O–H groups in total. The van der Waals surface area contributed by atoms with Gasteiger partial charge in [0.05, 0.1) is 0 Å². The van der Waals surface area contributed by atoms with Crippen LogP contribution in [0.25, 0.3) is 10.9 Å². The number of benzene rings is 2. The van der Waals surface area contributed by atoms with Crippen LogP contribution in [-0.2, 0) is 28.0 Å². The second-order valence-corrected chi connectivity index (χ2v) is 8.36. The van der Waals surface area contributed by atoms with Crippen LogP contribution in [0, 0.1) is 13.8 Å². The second-order valence-electron chi connectivity index (χ2n) is 8.36. The van der Waals surface area contributed by atoms with E-state index in [9.17, 15) is 4.79 Å². The number of nitrogens with one attached hydrogen (secondary N) is 1. The molecule has 3 nitrogen and oxygen atoms in total. The number of esters is 1. The number of rotatable bonds is 5. The monoisotopic (exact) mass is 363 g/mol. The number of aryl methyl sites for hydroxylation is 3. The molecule has 0 radical (unpaired) electrons. The highest BCUT2D eigenvalue weighted by Gasteiger charge is 2.17. The predicted octanol–water partition coefficient (Wildman–Crippen LogP) is 5.76. The Balaban J connectivity index is 1.61. The summed E-state index contributed by atoms with van der Waals surface area (Å²) < 4.78 is 5.58. The van der Waals surface area contributed by atoms with Crippen molar-refractivity contribution in [2.75, 3.05) is 0 Å². The smallest absolute Gasteiger partial charge is 0.306 e. The fourth-order valence-electron chi connectivity index (χ4n) is 3.45. The number of fused-ring (bicyclic) bond motifs is 1. The number of H-pyrrole nitrogens is 1. The van der Waals surface area contributed by atoms with Crippen molar-refractivity contribution >= 4 is 16.9 Å². The van der Waals surface area contributed by atoms with Gasteiger partial charge in [-0.1, -0.05) is 51.1 Å². The zero-order valence-corrected chi connectivity index (χ0v) is 17.0. The fraction of sp³-hybridized carbons (Fsp3) is 0.375. The molecule has 0 spiro atoms. The van der Waals surface area contributed by atoms with Gasteiger partial charge in [0.25, 0.3) is 0 Å². The van der Waals surface area contributed by atoms with Crippen LogP contribution in [0.15, 0.2) is 42.6 Å². The zero-order chi connectivity index (χ0) is 19.6. The number of hydrogen-bond acceptors (Lipinski definition) is 2. The molecule has 2 aromatic carbocycles. The van der Waals surface area contributed by atoms with Crippen LogP contribution in [-0.4, -0.2) is 11.0 Å². The predicted molar refractivity (Wildman–Crippen MR) is 111 cm³/mol. The van der Waals surface area contributed by atoms with Crippen LogP contribution in [0.3, 0.4) is 0 Å². The third kappa shape index (κ3) is 4.41. The summed E-state index contributed by atoms with van der Waals surface area (Å²) in [6.45, 7) is 11.2. The van der Waals surface area contributed by atoms with Gasteiger partial charge in [-0.2, -0.15) is 0 Å². The minimum Gasteiger partial charge on any atom is -0.461 e. The Bertz CT molecular complexity index is 937. The molecule has 0 amide bonds. The maximum Gasteiger partial charge on any atom is 0.306 e. The summed E-state index contributed by atoms with van der Waals surface area (Å²) in [5.74, 6) is -0.154. The molecular formula is C24H29NO2. The summed E-state index contributed by atoms with van der Waals surface area (Å²) in [6.07, 6.45) is 3.06. The number of carbonyl (C=O) groups is 1. The molecule has 3 rings (SSSR count). The van der Waals surface area contributed by atoms with E-state index >= 15 is 0 Å². The first-order chi connectivity index (χ1) is 12.8. The summed E-state index contributed by atoms with van der Waals surface area (Å²) in [5.41, 5.74) is 7.17. The normalized spacial score (nSPS) is 11.7. The van der Waals surface area contributed by atoms with Gasteiger partial charge in [0.15, 0.2) is 0 Å². The van der Waals surface area contributed by atoms with E-state index in [0.717, 1.165) is 16.6 Å². The van der Waals surface area contributed by atoms with Gasteiger partial charge in [0, 0.05) is 23.5 Å². The SMILES string of the molecule is Cc1cc(C(C)(C)C)cc(C)c1COC(=O)CCc1c[nH]c2ccccc12. The number of hydrogen-bond donors (Lipinski definition) is 1. The van der Waals surface area contributed by atoms with Crippen molar-refractivity contribution in [2.24, 2.45) is 0 Å². The highest BCUT2D eigenvalue weighted by atomic mass is 16.5. The lowest BCUT2D eigenvalue weighted by atomic mass is 9.84. The lowest BCUT2D eigenvalue weighted by Crippen LogP contribution is -2.13. The Morgan fingerprint density at radius 1 is 1.07 bits per heavy atom. The van der Waals surface area contributed by atoms with Crippen molar-refractivity contribution < 1.29 is 9.53 Å². The third-order valence-electron chi connectivity index (χ3n) is 5.21. The molecule has 3 aromatic rings. The van der Waals surface area contributed by atoms with Gasteiger partial charge in [-0.3, -0.25) is 4.79 Å². The van der Waals surface area contributed by atoms with Crippen LogP contribution in [0.5, 0.6) is 0 Å². The minimum absolute atomic E-state index is 0.115. The van der Waals surface area contributed by atoms with Crippen molar-refractivity contribution in [3.63, 3.8) is 0 Å². The number of aromatic amines is 1. The molecule has 0 fully saturated rings. The molecule has 0 aliphatic carbocycles. The largest absolute Gasteiger partial charge is 0.461 e. The van der Waals surface area contributed by atoms with E-state index < -0.39 is 0 Å². The van der Waals surface area contributed by atoms with Crippen molar-refractivity contribution in [3.8, 4) is 0 Å². The molecule has 0 aliphatic rings. The molecule has 27 heavy (non-hydrogen) atoms. The highest BCUT2D eigenvalue weighted by molar-refractivity contribution is 5.83. The van der Waals surface area contributed by atoms with Crippen LogP contribution >= 0.6 is 0 Å². The number of carbonyl (C=O) groups excluding carboxylic acids is 1. The van der Waals surface area contributed by atoms with E-state index in [2.05, 4.69) is 57.8 Å². The molecule has 0 saturated heterocycles. The van der Waals surface area contributed by atoms with Crippen molar-refractivity contribution in [1.82, 2.24) is 4.98 Å². The second kappa shape index (κ2) is 7.59. The minimum atomic E-state index is -0.154. The molecule has 0 saturated carbocycles. The Labute approximate surface area is 161 Å². The Hall–Kier alpha value is -2.55. The third-order valence-corrected chi connectivity index (χ3v) is 5.21. The van der Waals surface area contributed by atoms with Gasteiger partial charge in [-0.15, -0.1) is 0 Å². The molecule has 0 atom stereocenters. The number of ether oxygens (including phenoxy) is 1. The van der Waals surface area contributed by atoms with Crippen LogP contribution < -0.4 is 0 Å². The molecule has 0 unspecified atom stereocenters. The van der Waals surface area contributed by atoms with E-state index in [4.69, 9.17) is 4.74 Å². The first-order valence-electron chi connectivity index (χ1n) is 9.57. The summed E-state index contributed by atoms with van der Waals surface area (Å²) in [4.78, 5) is 15.5. The Morgan fingerprint density at radius 2 is 1.74 bits per heavy atom. The number of para-hydroxylation sites is 1. The Morgan fingerprint density at radius 3 is 2.41 bits per heavy atom. The van der Waals surface area contributed by atoms with Gasteiger partial charge < -0.3 is 9.72 Å². The number of aromatic nitrogens is 1. The highest BCUT2D eigenvalue weighted by Crippen LogP contribution is 2.27. The van der Waals surface area contributed by atoms with E-state index in [1.807, 2.05) is 24.4 Å². The van der Waals surface area contributed by atoms with Crippen LogP contribution in [0.1, 0.15) is 55.0 Å². The van der Waals surface area contributed by atoms with Gasteiger partial charge >= 0.3 is 5.97 Å². The van der Waals surface area contributed by atoms with Gasteiger partial charge in [0.2, 0.25) is 0 Å². The van der Waals surface area contributed by atoms with E-state index in [-0.39, 0.29) is 11.4 Å². The quantitative estimate of drug-likeness (QED) is 0.586. The van der Waals surface area contributed by atoms with Crippen LogP contribution in [0.4, 0.5) is 0 Å². The fourth-order valence-corrected chi connectivity index (χ4v) is 3.45. The molecule has 0 aliphatic heterocycles. The average Bonchev–Trinajstić information content (AvgIpc) is 3.01. The molecular weight excluding hydrogens is 334 g/mol. The Kier molecular flexibility index (Phi) is 5.41. The summed E-state index contributed by atoms with van der Waals surface area (Å²) in [6, 6.07) is 12.6. The van der Waals surface area contributed by atoms with E-state index in [0.29, 0.717) is 19.4 Å². The van der Waals surface area contributed by atoms with E-state index in [1.165, 1.54) is 22.1 Å². The van der Waals surface area contributed by atoms with Gasteiger partial charge in [0.1, 0.15) is 6.61 Å². The zero-order valence-electron chi connectivity index (χ0n) is 17.0. The summed E-state index contributed by atoms with van der Waals surface area (Å²) in [5, 5.41) is 1.18. The topological polar surface area (TPSA) is 42.1 Å². The lowest BCUT2D eigenvalue weighted by Gasteiger charge is -2.22. The maximum atomic E-state index is 12.3. The van der Waals surface area contributed by atoms with Gasteiger partial charge in [-0.05, 0) is 59.6 Å². The lowest BCUT2D eigenvalue weighted by molar-refractivity contribution is -0.144. The van der Waals surface area contributed by atoms with Crippen molar-refractivity contribution in [1.29, 1.82) is 0 Å². The van der Waals surface area contributed by atoms with Crippen molar-refractivity contribution in [2.45, 2.75) is 59.5 Å².